The molecule has 0 amide bonds. The summed E-state index contributed by atoms with van der Waals surface area (Å²) in [5.74, 6) is 0.799. The molecule has 12 heavy (non-hydrogen) atoms. The smallest absolute Gasteiger partial charge is 0.126 e. The van der Waals surface area contributed by atoms with Crippen LogP contribution >= 0.6 is 0 Å². The van der Waals surface area contributed by atoms with Gasteiger partial charge in [0.25, 0.3) is 0 Å². The van der Waals surface area contributed by atoms with E-state index in [4.69, 9.17) is 0 Å². The van der Waals surface area contributed by atoms with Gasteiger partial charge in [-0.2, -0.15) is 0 Å². The van der Waals surface area contributed by atoms with Gasteiger partial charge in [0.1, 0.15) is 5.82 Å². The van der Waals surface area contributed by atoms with Crippen molar-refractivity contribution in [3.63, 3.8) is 0 Å². The average molecular weight is 159 g/mol. The molecule has 0 fully saturated rings. The number of fused-ring (bicyclic) bond motifs is 1. The van der Waals surface area contributed by atoms with E-state index in [1.807, 2.05) is 19.9 Å². The second kappa shape index (κ2) is 2.52. The van der Waals surface area contributed by atoms with Gasteiger partial charge in [-0.15, -0.1) is 0 Å². The van der Waals surface area contributed by atoms with Crippen molar-refractivity contribution in [2.24, 2.45) is 0 Å². The van der Waals surface area contributed by atoms with E-state index in [1.165, 1.54) is 0 Å². The Morgan fingerprint density at radius 3 is 2.83 bits per heavy atom. The first-order valence-corrected chi connectivity index (χ1v) is 3.82. The minimum Gasteiger partial charge on any atom is -0.262 e. The van der Waals surface area contributed by atoms with Crippen LogP contribution in [0.5, 0.6) is 0 Å². The molecule has 0 bridgehead atoms. The normalized spacial score (nSPS) is 10.5. The summed E-state index contributed by atoms with van der Waals surface area (Å²) in [4.78, 5) is 12.5. The molecule has 0 N–H and O–H groups in total. The topological polar surface area (TPSA) is 38.7 Å². The Kier molecular flexibility index (Phi) is 1.50. The number of aryl methyl sites for hydroxylation is 2. The molecule has 60 valence electrons. The van der Waals surface area contributed by atoms with E-state index in [1.54, 1.807) is 12.4 Å². The highest BCUT2D eigenvalue weighted by Gasteiger charge is 1.99. The van der Waals surface area contributed by atoms with Crippen molar-refractivity contribution in [2.45, 2.75) is 13.8 Å². The second-order valence-electron chi connectivity index (χ2n) is 2.75. The first kappa shape index (κ1) is 7.16. The highest BCUT2D eigenvalue weighted by atomic mass is 14.9. The van der Waals surface area contributed by atoms with Crippen LogP contribution in [0.3, 0.4) is 0 Å². The zero-order valence-electron chi connectivity index (χ0n) is 7.07. The van der Waals surface area contributed by atoms with Crippen LogP contribution in [0.1, 0.15) is 11.5 Å². The molecular formula is C9H9N3. The summed E-state index contributed by atoms with van der Waals surface area (Å²) in [5.41, 5.74) is 1.93. The van der Waals surface area contributed by atoms with Crippen molar-refractivity contribution in [2.75, 3.05) is 0 Å². The van der Waals surface area contributed by atoms with Crippen molar-refractivity contribution < 1.29 is 0 Å². The fourth-order valence-electron chi connectivity index (χ4n) is 1.28. The van der Waals surface area contributed by atoms with Crippen LogP contribution in [0.15, 0.2) is 18.5 Å². The van der Waals surface area contributed by atoms with Gasteiger partial charge in [0.05, 0.1) is 11.7 Å². The van der Waals surface area contributed by atoms with E-state index in [2.05, 4.69) is 15.0 Å². The van der Waals surface area contributed by atoms with Crippen LogP contribution in [-0.2, 0) is 0 Å². The molecule has 2 heterocycles. The lowest BCUT2D eigenvalue weighted by molar-refractivity contribution is 1.04. The van der Waals surface area contributed by atoms with Crippen molar-refractivity contribution >= 4 is 10.9 Å². The average Bonchev–Trinajstić information content (AvgIpc) is 2.04. The van der Waals surface area contributed by atoms with E-state index in [9.17, 15) is 0 Å². The Morgan fingerprint density at radius 2 is 2.00 bits per heavy atom. The maximum absolute atomic E-state index is 4.26. The summed E-state index contributed by atoms with van der Waals surface area (Å²) in [6.07, 6.45) is 3.52. The Morgan fingerprint density at radius 1 is 1.17 bits per heavy atom. The maximum Gasteiger partial charge on any atom is 0.126 e. The molecule has 3 heteroatoms. The van der Waals surface area contributed by atoms with Gasteiger partial charge in [0.15, 0.2) is 0 Å². The summed E-state index contributed by atoms with van der Waals surface area (Å²) in [7, 11) is 0. The van der Waals surface area contributed by atoms with Crippen LogP contribution in [0.4, 0.5) is 0 Å². The van der Waals surface area contributed by atoms with Crippen LogP contribution in [0, 0.1) is 13.8 Å². The summed E-state index contributed by atoms with van der Waals surface area (Å²) in [6, 6.07) is 1.93. The van der Waals surface area contributed by atoms with E-state index >= 15 is 0 Å². The maximum atomic E-state index is 4.26. The van der Waals surface area contributed by atoms with Gasteiger partial charge in [-0.3, -0.25) is 4.98 Å². The minimum atomic E-state index is 0.799. The molecule has 0 radical (unpaired) electrons. The molecule has 2 aromatic heterocycles. The predicted octanol–water partition coefficient (Wildman–Crippen LogP) is 1.64. The Labute approximate surface area is 70.5 Å². The van der Waals surface area contributed by atoms with Gasteiger partial charge in [0, 0.05) is 17.3 Å². The monoisotopic (exact) mass is 159 g/mol. The number of rotatable bonds is 0. The van der Waals surface area contributed by atoms with Crippen molar-refractivity contribution in [1.29, 1.82) is 0 Å². The number of pyridine rings is 1. The third-order valence-electron chi connectivity index (χ3n) is 1.80. The van der Waals surface area contributed by atoms with Crippen LogP contribution in [0.2, 0.25) is 0 Å². The molecule has 0 aromatic carbocycles. The quantitative estimate of drug-likeness (QED) is 0.586. The summed E-state index contributed by atoms with van der Waals surface area (Å²) in [6.45, 7) is 3.87. The van der Waals surface area contributed by atoms with Crippen LogP contribution < -0.4 is 0 Å². The number of hydrogen-bond donors (Lipinski definition) is 0. The molecule has 2 rings (SSSR count). The molecule has 0 unspecified atom stereocenters. The van der Waals surface area contributed by atoms with Gasteiger partial charge in [-0.25, -0.2) is 9.97 Å². The lowest BCUT2D eigenvalue weighted by atomic mass is 10.2. The van der Waals surface area contributed by atoms with Gasteiger partial charge in [0.2, 0.25) is 0 Å². The fraction of sp³-hybridized carbons (Fsp3) is 0.222. The van der Waals surface area contributed by atoms with E-state index in [0.717, 1.165) is 22.4 Å². The Hall–Kier alpha value is -1.51. The zero-order chi connectivity index (χ0) is 8.55. The number of aromatic nitrogens is 3. The highest BCUT2D eigenvalue weighted by Crippen LogP contribution is 2.12. The van der Waals surface area contributed by atoms with E-state index < -0.39 is 0 Å². The highest BCUT2D eigenvalue weighted by molar-refractivity contribution is 5.79. The predicted molar refractivity (Wildman–Crippen MR) is 46.8 cm³/mol. The van der Waals surface area contributed by atoms with Gasteiger partial charge >= 0.3 is 0 Å². The molecule has 0 saturated heterocycles. The molecule has 0 saturated carbocycles. The van der Waals surface area contributed by atoms with Gasteiger partial charge in [-0.1, -0.05) is 0 Å². The lowest BCUT2D eigenvalue weighted by Gasteiger charge is -2.00. The number of hydrogen-bond acceptors (Lipinski definition) is 3. The molecule has 0 aliphatic heterocycles. The van der Waals surface area contributed by atoms with Gasteiger partial charge < -0.3 is 0 Å². The first-order chi connectivity index (χ1) is 5.77. The summed E-state index contributed by atoms with van der Waals surface area (Å²) in [5, 5.41) is 1.08. The SMILES string of the molecule is Cc1nc(C)c2ccncc2n1. The standard InChI is InChI=1S/C9H9N3/c1-6-8-3-4-10-5-9(8)12-7(2)11-6/h3-5H,1-2H3. The van der Waals surface area contributed by atoms with Crippen LogP contribution in [-0.4, -0.2) is 15.0 Å². The molecule has 0 aliphatic carbocycles. The minimum absolute atomic E-state index is 0.799. The molecule has 3 nitrogen and oxygen atoms in total. The Balaban J connectivity index is 2.89. The number of nitrogens with zero attached hydrogens (tertiary/aromatic N) is 3. The zero-order valence-corrected chi connectivity index (χ0v) is 7.07. The Bertz CT molecular complexity index is 423. The first-order valence-electron chi connectivity index (χ1n) is 3.82. The van der Waals surface area contributed by atoms with Crippen molar-refractivity contribution in [3.05, 3.63) is 30.0 Å². The molecule has 0 spiro atoms. The third kappa shape index (κ3) is 1.03. The van der Waals surface area contributed by atoms with Crippen molar-refractivity contribution in [1.82, 2.24) is 15.0 Å². The summed E-state index contributed by atoms with van der Waals surface area (Å²) >= 11 is 0. The molecule has 0 aliphatic rings. The van der Waals surface area contributed by atoms with Crippen LogP contribution in [0.25, 0.3) is 10.9 Å². The third-order valence-corrected chi connectivity index (χ3v) is 1.80. The molecular weight excluding hydrogens is 150 g/mol. The van der Waals surface area contributed by atoms with Crippen molar-refractivity contribution in [3.8, 4) is 0 Å². The largest absolute Gasteiger partial charge is 0.262 e. The lowest BCUT2D eigenvalue weighted by Crippen LogP contribution is -1.92. The molecule has 2 aromatic rings. The van der Waals surface area contributed by atoms with E-state index in [-0.39, 0.29) is 0 Å². The van der Waals surface area contributed by atoms with E-state index in [0.29, 0.717) is 0 Å². The summed E-state index contributed by atoms with van der Waals surface area (Å²) < 4.78 is 0. The second-order valence-corrected chi connectivity index (χ2v) is 2.75. The fourth-order valence-corrected chi connectivity index (χ4v) is 1.28. The molecule has 0 atom stereocenters. The van der Waals surface area contributed by atoms with Gasteiger partial charge in [-0.05, 0) is 19.9 Å².